The van der Waals surface area contributed by atoms with Crippen molar-refractivity contribution >= 4 is 21.5 Å². The van der Waals surface area contributed by atoms with Gasteiger partial charge >= 0.3 is 0 Å². The highest BCUT2D eigenvalue weighted by Gasteiger charge is 2.05. The molecule has 86 valence electrons. The molecule has 0 radical (unpaired) electrons. The number of halogens is 2. The summed E-state index contributed by atoms with van der Waals surface area (Å²) in [7, 11) is 0. The zero-order valence-electron chi connectivity index (χ0n) is 9.50. The van der Waals surface area contributed by atoms with E-state index in [1.54, 1.807) is 12.1 Å². The molecule has 0 saturated heterocycles. The molecule has 0 bridgehead atoms. The molecule has 0 fully saturated rings. The van der Waals surface area contributed by atoms with E-state index in [-0.39, 0.29) is 5.82 Å². The van der Waals surface area contributed by atoms with Gasteiger partial charge in [0.15, 0.2) is 0 Å². The fourth-order valence-corrected chi connectivity index (χ4v) is 2.06. The molecular weight excluding hydrogens is 279 g/mol. The summed E-state index contributed by atoms with van der Waals surface area (Å²) in [6.45, 7) is 6.10. The molecule has 2 aromatic carbocycles. The smallest absolute Gasteiger partial charge is 0.137 e. The van der Waals surface area contributed by atoms with Gasteiger partial charge in [-0.3, -0.25) is 0 Å². The lowest BCUT2D eigenvalue weighted by Crippen LogP contribution is -1.88. The van der Waals surface area contributed by atoms with Crippen LogP contribution in [0.25, 0.3) is 5.57 Å². The van der Waals surface area contributed by atoms with Crippen molar-refractivity contribution in [1.82, 2.24) is 0 Å². The van der Waals surface area contributed by atoms with E-state index >= 15 is 0 Å². The van der Waals surface area contributed by atoms with Gasteiger partial charge in [-0.1, -0.05) is 42.5 Å². The molecule has 0 aromatic heterocycles. The van der Waals surface area contributed by atoms with Gasteiger partial charge in [0, 0.05) is 0 Å². The van der Waals surface area contributed by atoms with Crippen LogP contribution < -0.4 is 0 Å². The number of benzene rings is 2. The Hall–Kier alpha value is -1.41. The number of aryl methyl sites for hydroxylation is 1. The summed E-state index contributed by atoms with van der Waals surface area (Å²) in [5.74, 6) is -0.259. The molecule has 0 aliphatic carbocycles. The maximum absolute atomic E-state index is 13.2. The lowest BCUT2D eigenvalue weighted by Gasteiger charge is -2.08. The first-order valence-electron chi connectivity index (χ1n) is 5.29. The fourth-order valence-electron chi connectivity index (χ4n) is 1.68. The molecule has 0 aliphatic rings. The van der Waals surface area contributed by atoms with Crippen LogP contribution in [-0.4, -0.2) is 0 Å². The Morgan fingerprint density at radius 2 is 1.82 bits per heavy atom. The molecule has 0 unspecified atom stereocenters. The maximum Gasteiger partial charge on any atom is 0.137 e. The maximum atomic E-state index is 13.2. The molecule has 17 heavy (non-hydrogen) atoms. The molecule has 0 N–H and O–H groups in total. The Morgan fingerprint density at radius 3 is 2.47 bits per heavy atom. The molecule has 2 aromatic rings. The topological polar surface area (TPSA) is 0 Å². The molecule has 0 saturated carbocycles. The zero-order valence-corrected chi connectivity index (χ0v) is 11.1. The summed E-state index contributed by atoms with van der Waals surface area (Å²) < 4.78 is 13.6. The summed E-state index contributed by atoms with van der Waals surface area (Å²) in [5, 5.41) is 0. The van der Waals surface area contributed by atoms with E-state index in [1.807, 2.05) is 25.1 Å². The fraction of sp³-hybridized carbons (Fsp3) is 0.0667. The standard InChI is InChI=1S/C15H12BrF/c1-10-4-3-5-12(8-10)11(2)13-6-7-15(17)14(16)9-13/h3-9H,2H2,1H3. The first-order chi connectivity index (χ1) is 8.08. The average molecular weight is 291 g/mol. The van der Waals surface area contributed by atoms with Gasteiger partial charge in [-0.05, 0) is 51.7 Å². The Morgan fingerprint density at radius 1 is 1.12 bits per heavy atom. The van der Waals surface area contributed by atoms with Crippen LogP contribution in [0.3, 0.4) is 0 Å². The Labute approximate surface area is 109 Å². The summed E-state index contributed by atoms with van der Waals surface area (Å²) in [5.41, 5.74) is 4.06. The van der Waals surface area contributed by atoms with Crippen molar-refractivity contribution in [3.05, 3.63) is 76.0 Å². The number of rotatable bonds is 2. The Bertz CT molecular complexity index is 573. The molecule has 0 atom stereocenters. The van der Waals surface area contributed by atoms with Gasteiger partial charge in [-0.25, -0.2) is 4.39 Å². The van der Waals surface area contributed by atoms with E-state index < -0.39 is 0 Å². The molecule has 0 amide bonds. The van der Waals surface area contributed by atoms with Crippen LogP contribution in [0.2, 0.25) is 0 Å². The van der Waals surface area contributed by atoms with E-state index in [1.165, 1.54) is 11.6 Å². The minimum Gasteiger partial charge on any atom is -0.206 e. The zero-order chi connectivity index (χ0) is 12.4. The molecule has 2 rings (SSSR count). The summed E-state index contributed by atoms with van der Waals surface area (Å²) >= 11 is 3.19. The summed E-state index contributed by atoms with van der Waals surface area (Å²) in [4.78, 5) is 0. The Kier molecular flexibility index (Phi) is 3.43. The highest BCUT2D eigenvalue weighted by molar-refractivity contribution is 9.10. The highest BCUT2D eigenvalue weighted by Crippen LogP contribution is 2.26. The third-order valence-electron chi connectivity index (χ3n) is 2.63. The van der Waals surface area contributed by atoms with Crippen molar-refractivity contribution in [2.75, 3.05) is 0 Å². The van der Waals surface area contributed by atoms with Crippen LogP contribution in [0.15, 0.2) is 53.5 Å². The van der Waals surface area contributed by atoms with Crippen molar-refractivity contribution in [1.29, 1.82) is 0 Å². The van der Waals surface area contributed by atoms with Gasteiger partial charge < -0.3 is 0 Å². The first kappa shape index (κ1) is 12.1. The Balaban J connectivity index is 2.40. The van der Waals surface area contributed by atoms with Crippen molar-refractivity contribution in [3.8, 4) is 0 Å². The van der Waals surface area contributed by atoms with Crippen LogP contribution >= 0.6 is 15.9 Å². The second-order valence-corrected chi connectivity index (χ2v) is 4.83. The minimum atomic E-state index is -0.259. The molecular formula is C15H12BrF. The molecule has 0 aliphatic heterocycles. The lowest BCUT2D eigenvalue weighted by molar-refractivity contribution is 0.621. The minimum absolute atomic E-state index is 0.259. The van der Waals surface area contributed by atoms with Crippen LogP contribution in [0.4, 0.5) is 4.39 Å². The SMILES string of the molecule is C=C(c1cccc(C)c1)c1ccc(F)c(Br)c1. The van der Waals surface area contributed by atoms with Crippen molar-refractivity contribution in [3.63, 3.8) is 0 Å². The van der Waals surface area contributed by atoms with Gasteiger partial charge in [0.1, 0.15) is 5.82 Å². The molecule has 2 heteroatoms. The third kappa shape index (κ3) is 2.64. The second-order valence-electron chi connectivity index (χ2n) is 3.98. The summed E-state index contributed by atoms with van der Waals surface area (Å²) in [6, 6.07) is 13.0. The predicted molar refractivity (Wildman–Crippen MR) is 73.4 cm³/mol. The second kappa shape index (κ2) is 4.84. The van der Waals surface area contributed by atoms with E-state index in [0.29, 0.717) is 4.47 Å². The third-order valence-corrected chi connectivity index (χ3v) is 3.24. The van der Waals surface area contributed by atoms with Gasteiger partial charge in [0.25, 0.3) is 0 Å². The molecule has 0 nitrogen and oxygen atoms in total. The van der Waals surface area contributed by atoms with Gasteiger partial charge in [0.2, 0.25) is 0 Å². The van der Waals surface area contributed by atoms with Crippen LogP contribution in [0.5, 0.6) is 0 Å². The van der Waals surface area contributed by atoms with E-state index in [4.69, 9.17) is 0 Å². The van der Waals surface area contributed by atoms with Crippen LogP contribution in [0, 0.1) is 12.7 Å². The quantitative estimate of drug-likeness (QED) is 0.733. The van der Waals surface area contributed by atoms with Gasteiger partial charge in [-0.15, -0.1) is 0 Å². The van der Waals surface area contributed by atoms with Crippen molar-refractivity contribution in [2.24, 2.45) is 0 Å². The number of hydrogen-bond acceptors (Lipinski definition) is 0. The monoisotopic (exact) mass is 290 g/mol. The first-order valence-corrected chi connectivity index (χ1v) is 6.08. The van der Waals surface area contributed by atoms with E-state index in [2.05, 4.69) is 28.6 Å². The normalized spacial score (nSPS) is 10.3. The summed E-state index contributed by atoms with van der Waals surface area (Å²) in [6.07, 6.45) is 0. The van der Waals surface area contributed by atoms with Crippen molar-refractivity contribution in [2.45, 2.75) is 6.92 Å². The van der Waals surface area contributed by atoms with E-state index in [9.17, 15) is 4.39 Å². The van der Waals surface area contributed by atoms with Crippen molar-refractivity contribution < 1.29 is 4.39 Å². The van der Waals surface area contributed by atoms with E-state index in [0.717, 1.165) is 16.7 Å². The lowest BCUT2D eigenvalue weighted by atomic mass is 9.98. The highest BCUT2D eigenvalue weighted by atomic mass is 79.9. The largest absolute Gasteiger partial charge is 0.206 e. The predicted octanol–water partition coefficient (Wildman–Crippen LogP) is 4.96. The molecule has 0 heterocycles. The van der Waals surface area contributed by atoms with Gasteiger partial charge in [-0.2, -0.15) is 0 Å². The van der Waals surface area contributed by atoms with Crippen LogP contribution in [0.1, 0.15) is 16.7 Å². The average Bonchev–Trinajstić information content (AvgIpc) is 2.32. The van der Waals surface area contributed by atoms with Gasteiger partial charge in [0.05, 0.1) is 4.47 Å². The van der Waals surface area contributed by atoms with Crippen LogP contribution in [-0.2, 0) is 0 Å². The number of hydrogen-bond donors (Lipinski definition) is 0. The molecule has 0 spiro atoms.